The van der Waals surface area contributed by atoms with Gasteiger partial charge in [0.05, 0.1) is 0 Å². The van der Waals surface area contributed by atoms with Gasteiger partial charge in [0.15, 0.2) is 0 Å². The van der Waals surface area contributed by atoms with E-state index in [1.807, 2.05) is 0 Å². The van der Waals surface area contributed by atoms with E-state index < -0.39 is 8.07 Å². The smallest absolute Gasteiger partial charge is 0.0445 e. The Balaban J connectivity index is 3.44. The molecule has 0 nitrogen and oxygen atoms in total. The largest absolute Gasteiger partial charge is 0.127 e. The van der Waals surface area contributed by atoms with Crippen molar-refractivity contribution < 1.29 is 0 Å². The van der Waals surface area contributed by atoms with Gasteiger partial charge in [0.2, 0.25) is 0 Å². The number of alkyl halides is 1. The molecule has 0 radical (unpaired) electrons. The highest BCUT2D eigenvalue weighted by molar-refractivity contribution is 6.76. The molecule has 1 unspecified atom stereocenters. The van der Waals surface area contributed by atoms with Crippen LogP contribution in [0.25, 0.3) is 0 Å². The Kier molecular flexibility index (Phi) is 5.45. The summed E-state index contributed by atoms with van der Waals surface area (Å²) in [7, 11) is -0.813. The Morgan fingerprint density at radius 3 is 2.18 bits per heavy atom. The first-order valence-electron chi connectivity index (χ1n) is 4.51. The highest BCUT2D eigenvalue weighted by Gasteiger charge is 2.16. The summed E-state index contributed by atoms with van der Waals surface area (Å²) in [6.45, 7) is 9.66. The summed E-state index contributed by atoms with van der Waals surface area (Å²) in [6.07, 6.45) is 2.50. The van der Waals surface area contributed by atoms with Crippen molar-refractivity contribution in [1.29, 1.82) is 0 Å². The Hall–Kier alpha value is 0.507. The van der Waals surface area contributed by atoms with E-state index in [0.717, 1.165) is 11.8 Å². The lowest BCUT2D eigenvalue weighted by Crippen LogP contribution is -2.22. The normalized spacial score (nSPS) is 15.0. The lowest BCUT2D eigenvalue weighted by Gasteiger charge is -2.20. The molecule has 0 saturated carbocycles. The second kappa shape index (κ2) is 5.21. The third-order valence-electron chi connectivity index (χ3n) is 1.79. The molecule has 0 aromatic carbocycles. The second-order valence-corrected chi connectivity index (χ2v) is 10.6. The fourth-order valence-corrected chi connectivity index (χ4v) is 4.02. The highest BCUT2D eigenvalue weighted by atomic mass is 35.5. The lowest BCUT2D eigenvalue weighted by molar-refractivity contribution is 0.570. The van der Waals surface area contributed by atoms with E-state index in [-0.39, 0.29) is 0 Å². The molecule has 0 rings (SSSR count). The average Bonchev–Trinajstić information content (AvgIpc) is 1.79. The molecular formula is C9H21ClSi. The predicted octanol–water partition coefficient (Wildman–Crippen LogP) is 3.98. The minimum atomic E-state index is -0.813. The minimum absolute atomic E-state index is 0.813. The maximum absolute atomic E-state index is 5.63. The van der Waals surface area contributed by atoms with E-state index in [1.165, 1.54) is 18.9 Å². The highest BCUT2D eigenvalue weighted by Crippen LogP contribution is 2.20. The Labute approximate surface area is 77.3 Å². The van der Waals surface area contributed by atoms with Crippen LogP contribution in [0, 0.1) is 5.92 Å². The zero-order chi connectivity index (χ0) is 8.91. The van der Waals surface area contributed by atoms with Crippen LogP contribution in [0.3, 0.4) is 0 Å². The van der Waals surface area contributed by atoms with Gasteiger partial charge >= 0.3 is 0 Å². The van der Waals surface area contributed by atoms with Crippen molar-refractivity contribution in [3.8, 4) is 0 Å². The van der Waals surface area contributed by atoms with Gasteiger partial charge in [-0.2, -0.15) is 0 Å². The average molecular weight is 193 g/mol. The summed E-state index contributed by atoms with van der Waals surface area (Å²) < 4.78 is 0. The second-order valence-electron chi connectivity index (χ2n) is 4.70. The van der Waals surface area contributed by atoms with Crippen molar-refractivity contribution in [2.24, 2.45) is 5.92 Å². The van der Waals surface area contributed by atoms with Crippen molar-refractivity contribution in [2.45, 2.75) is 45.5 Å². The SMILES string of the molecule is CC(CCCCl)C[Si](C)(C)C. The van der Waals surface area contributed by atoms with Crippen LogP contribution in [0.5, 0.6) is 0 Å². The predicted molar refractivity (Wildman–Crippen MR) is 57.3 cm³/mol. The van der Waals surface area contributed by atoms with Crippen LogP contribution in [0.2, 0.25) is 25.7 Å². The van der Waals surface area contributed by atoms with Gasteiger partial charge in [-0.05, 0) is 18.8 Å². The third-order valence-corrected chi connectivity index (χ3v) is 3.98. The van der Waals surface area contributed by atoms with Gasteiger partial charge < -0.3 is 0 Å². The van der Waals surface area contributed by atoms with Gasteiger partial charge in [-0.3, -0.25) is 0 Å². The van der Waals surface area contributed by atoms with Crippen molar-refractivity contribution in [1.82, 2.24) is 0 Å². The van der Waals surface area contributed by atoms with E-state index in [2.05, 4.69) is 26.6 Å². The van der Waals surface area contributed by atoms with Crippen LogP contribution in [0.1, 0.15) is 19.8 Å². The maximum atomic E-state index is 5.63. The first-order chi connectivity index (χ1) is 4.95. The third kappa shape index (κ3) is 8.41. The molecule has 2 heteroatoms. The van der Waals surface area contributed by atoms with Crippen LogP contribution in [0.15, 0.2) is 0 Å². The van der Waals surface area contributed by atoms with Gasteiger partial charge in [0, 0.05) is 14.0 Å². The summed E-state index contributed by atoms with van der Waals surface area (Å²) in [4.78, 5) is 0. The van der Waals surface area contributed by atoms with Crippen molar-refractivity contribution in [3.63, 3.8) is 0 Å². The first kappa shape index (κ1) is 11.5. The van der Waals surface area contributed by atoms with E-state index in [4.69, 9.17) is 11.6 Å². The topological polar surface area (TPSA) is 0 Å². The van der Waals surface area contributed by atoms with Crippen LogP contribution in [0.4, 0.5) is 0 Å². The quantitative estimate of drug-likeness (QED) is 0.457. The van der Waals surface area contributed by atoms with Gasteiger partial charge in [-0.1, -0.05) is 32.6 Å². The van der Waals surface area contributed by atoms with Crippen LogP contribution >= 0.6 is 11.6 Å². The minimum Gasteiger partial charge on any atom is -0.127 e. The molecule has 1 atom stereocenters. The molecule has 68 valence electrons. The molecule has 0 amide bonds. The standard InChI is InChI=1S/C9H21ClSi/c1-9(6-5-7-10)8-11(2,3)4/h9H,5-8H2,1-4H3. The van der Waals surface area contributed by atoms with E-state index in [1.54, 1.807) is 0 Å². The van der Waals surface area contributed by atoms with Crippen LogP contribution in [-0.2, 0) is 0 Å². The number of hydrogen-bond acceptors (Lipinski definition) is 0. The summed E-state index contributed by atoms with van der Waals surface area (Å²) in [5.41, 5.74) is 0. The Morgan fingerprint density at radius 1 is 1.27 bits per heavy atom. The first-order valence-corrected chi connectivity index (χ1v) is 8.76. The fourth-order valence-electron chi connectivity index (χ4n) is 1.57. The molecule has 0 aliphatic rings. The molecule has 11 heavy (non-hydrogen) atoms. The maximum Gasteiger partial charge on any atom is 0.0445 e. The zero-order valence-corrected chi connectivity index (χ0v) is 10.0. The molecular weight excluding hydrogens is 172 g/mol. The monoisotopic (exact) mass is 192 g/mol. The molecule has 0 bridgehead atoms. The Morgan fingerprint density at radius 2 is 1.82 bits per heavy atom. The van der Waals surface area contributed by atoms with E-state index in [9.17, 15) is 0 Å². The molecule has 0 aliphatic carbocycles. The molecule has 0 N–H and O–H groups in total. The van der Waals surface area contributed by atoms with Gasteiger partial charge in [0.1, 0.15) is 0 Å². The van der Waals surface area contributed by atoms with Crippen molar-refractivity contribution >= 4 is 19.7 Å². The molecule has 0 spiro atoms. The lowest BCUT2D eigenvalue weighted by atomic mass is 10.1. The fraction of sp³-hybridized carbons (Fsp3) is 1.00. The Bertz CT molecular complexity index is 96.2. The van der Waals surface area contributed by atoms with Crippen molar-refractivity contribution in [2.75, 3.05) is 5.88 Å². The van der Waals surface area contributed by atoms with E-state index >= 15 is 0 Å². The summed E-state index contributed by atoms with van der Waals surface area (Å²) >= 11 is 5.63. The van der Waals surface area contributed by atoms with E-state index in [0.29, 0.717) is 0 Å². The summed E-state index contributed by atoms with van der Waals surface area (Å²) in [5.74, 6) is 1.72. The van der Waals surface area contributed by atoms with Crippen molar-refractivity contribution in [3.05, 3.63) is 0 Å². The molecule has 0 aromatic rings. The zero-order valence-electron chi connectivity index (χ0n) is 8.28. The molecule has 0 aromatic heterocycles. The van der Waals surface area contributed by atoms with Gasteiger partial charge in [0.25, 0.3) is 0 Å². The van der Waals surface area contributed by atoms with Gasteiger partial charge in [-0.25, -0.2) is 0 Å². The number of hydrogen-bond donors (Lipinski definition) is 0. The summed E-state index contributed by atoms with van der Waals surface area (Å²) in [5, 5.41) is 0. The molecule has 0 heterocycles. The summed E-state index contributed by atoms with van der Waals surface area (Å²) in [6, 6.07) is 1.45. The van der Waals surface area contributed by atoms with Gasteiger partial charge in [-0.15, -0.1) is 11.6 Å². The molecule has 0 fully saturated rings. The van der Waals surface area contributed by atoms with Crippen LogP contribution < -0.4 is 0 Å². The number of rotatable bonds is 5. The number of halogens is 1. The molecule has 0 aliphatic heterocycles. The van der Waals surface area contributed by atoms with Crippen LogP contribution in [-0.4, -0.2) is 14.0 Å². The molecule has 0 saturated heterocycles.